The van der Waals surface area contributed by atoms with Gasteiger partial charge in [0.25, 0.3) is 0 Å². The molecule has 5 heteroatoms. The summed E-state index contributed by atoms with van der Waals surface area (Å²) in [5, 5.41) is 9.03. The SMILES string of the molecule is CO/C=C/c1cc2c(cc1C(=O)O)OCO2. The molecule has 1 aromatic rings. The molecule has 0 radical (unpaired) electrons. The van der Waals surface area contributed by atoms with Crippen LogP contribution < -0.4 is 9.47 Å². The number of hydrogen-bond acceptors (Lipinski definition) is 4. The van der Waals surface area contributed by atoms with Gasteiger partial charge in [0.05, 0.1) is 18.9 Å². The summed E-state index contributed by atoms with van der Waals surface area (Å²) in [6.45, 7) is 0.117. The van der Waals surface area contributed by atoms with E-state index in [2.05, 4.69) is 0 Å². The smallest absolute Gasteiger partial charge is 0.336 e. The van der Waals surface area contributed by atoms with Gasteiger partial charge in [0.2, 0.25) is 6.79 Å². The van der Waals surface area contributed by atoms with Crippen molar-refractivity contribution in [1.82, 2.24) is 0 Å². The number of carbonyl (C=O) groups is 1. The first-order valence-electron chi connectivity index (χ1n) is 4.58. The van der Waals surface area contributed by atoms with Crippen molar-refractivity contribution in [2.75, 3.05) is 13.9 Å². The van der Waals surface area contributed by atoms with Gasteiger partial charge in [-0.1, -0.05) is 0 Å². The summed E-state index contributed by atoms with van der Waals surface area (Å²) in [4.78, 5) is 11.0. The highest BCUT2D eigenvalue weighted by atomic mass is 16.7. The normalized spacial score (nSPS) is 13.1. The van der Waals surface area contributed by atoms with Gasteiger partial charge in [0.1, 0.15) is 0 Å². The van der Waals surface area contributed by atoms with E-state index in [9.17, 15) is 4.79 Å². The van der Waals surface area contributed by atoms with Crippen molar-refractivity contribution in [3.05, 3.63) is 29.5 Å². The summed E-state index contributed by atoms with van der Waals surface area (Å²) < 4.78 is 15.0. The van der Waals surface area contributed by atoms with Crippen molar-refractivity contribution in [3.63, 3.8) is 0 Å². The Bertz CT molecular complexity index is 450. The molecular weight excluding hydrogens is 212 g/mol. The van der Waals surface area contributed by atoms with E-state index in [-0.39, 0.29) is 12.4 Å². The first kappa shape index (κ1) is 10.4. The van der Waals surface area contributed by atoms with E-state index in [4.69, 9.17) is 19.3 Å². The van der Waals surface area contributed by atoms with Crippen LogP contribution in [0.4, 0.5) is 0 Å². The highest BCUT2D eigenvalue weighted by Crippen LogP contribution is 2.35. The zero-order valence-corrected chi connectivity index (χ0v) is 8.60. The standard InChI is InChI=1S/C11H10O5/c1-14-3-2-7-4-9-10(16-6-15-9)5-8(7)11(12)13/h2-5H,6H2,1H3,(H,12,13)/b3-2+. The zero-order valence-electron chi connectivity index (χ0n) is 8.60. The Hall–Kier alpha value is -2.17. The molecule has 0 aromatic heterocycles. The third-order valence-electron chi connectivity index (χ3n) is 2.16. The molecule has 0 aliphatic carbocycles. The first-order valence-corrected chi connectivity index (χ1v) is 4.58. The number of hydrogen-bond donors (Lipinski definition) is 1. The molecule has 0 atom stereocenters. The second-order valence-electron chi connectivity index (χ2n) is 3.14. The molecule has 0 saturated heterocycles. The van der Waals surface area contributed by atoms with Gasteiger partial charge < -0.3 is 19.3 Å². The van der Waals surface area contributed by atoms with Gasteiger partial charge in [-0.05, 0) is 23.8 Å². The highest BCUT2D eigenvalue weighted by Gasteiger charge is 2.19. The molecule has 0 fully saturated rings. The minimum absolute atomic E-state index is 0.117. The molecule has 0 spiro atoms. The van der Waals surface area contributed by atoms with Crippen LogP contribution in [0.2, 0.25) is 0 Å². The minimum Gasteiger partial charge on any atom is -0.504 e. The Morgan fingerprint density at radius 3 is 2.75 bits per heavy atom. The van der Waals surface area contributed by atoms with Crippen LogP contribution in [0.25, 0.3) is 6.08 Å². The maximum Gasteiger partial charge on any atom is 0.336 e. The summed E-state index contributed by atoms with van der Waals surface area (Å²) in [5.74, 6) is -0.0261. The number of aromatic carboxylic acids is 1. The molecule has 1 heterocycles. The monoisotopic (exact) mass is 222 g/mol. The second kappa shape index (κ2) is 4.14. The fourth-order valence-electron chi connectivity index (χ4n) is 1.42. The Morgan fingerprint density at radius 2 is 2.12 bits per heavy atom. The van der Waals surface area contributed by atoms with Crippen LogP contribution in [-0.2, 0) is 4.74 Å². The topological polar surface area (TPSA) is 65.0 Å². The molecule has 1 aliphatic rings. The Kier molecular flexibility index (Phi) is 2.68. The minimum atomic E-state index is -1.02. The van der Waals surface area contributed by atoms with E-state index in [0.29, 0.717) is 17.1 Å². The molecule has 1 aliphatic heterocycles. The summed E-state index contributed by atoms with van der Waals surface area (Å²) in [6, 6.07) is 3.06. The molecule has 0 amide bonds. The fourth-order valence-corrected chi connectivity index (χ4v) is 1.42. The van der Waals surface area contributed by atoms with E-state index in [1.165, 1.54) is 19.4 Å². The van der Waals surface area contributed by atoms with Crippen LogP contribution in [0.5, 0.6) is 11.5 Å². The van der Waals surface area contributed by atoms with Crippen molar-refractivity contribution in [1.29, 1.82) is 0 Å². The lowest BCUT2D eigenvalue weighted by molar-refractivity contribution is 0.0696. The molecule has 0 unspecified atom stereocenters. The predicted octanol–water partition coefficient (Wildman–Crippen LogP) is 1.73. The van der Waals surface area contributed by atoms with Gasteiger partial charge in [0.15, 0.2) is 11.5 Å². The second-order valence-corrected chi connectivity index (χ2v) is 3.14. The lowest BCUT2D eigenvalue weighted by Crippen LogP contribution is -1.99. The fraction of sp³-hybridized carbons (Fsp3) is 0.182. The highest BCUT2D eigenvalue weighted by molar-refractivity contribution is 5.93. The molecule has 1 N–H and O–H groups in total. The summed E-state index contributed by atoms with van der Waals surface area (Å²) in [5.41, 5.74) is 0.663. The van der Waals surface area contributed by atoms with Crippen LogP contribution in [0.3, 0.4) is 0 Å². The average Bonchev–Trinajstić information content (AvgIpc) is 2.71. The van der Waals surface area contributed by atoms with Crippen molar-refractivity contribution in [3.8, 4) is 11.5 Å². The number of carboxylic acid groups (broad SMARTS) is 1. The van der Waals surface area contributed by atoms with Crippen LogP contribution in [0.1, 0.15) is 15.9 Å². The summed E-state index contributed by atoms with van der Waals surface area (Å²) in [6.07, 6.45) is 2.97. The van der Waals surface area contributed by atoms with Gasteiger partial charge in [0, 0.05) is 0 Å². The number of methoxy groups -OCH3 is 1. The summed E-state index contributed by atoms with van der Waals surface area (Å²) in [7, 11) is 1.49. The molecule has 1 aromatic carbocycles. The van der Waals surface area contributed by atoms with E-state index in [1.54, 1.807) is 12.1 Å². The maximum absolute atomic E-state index is 11.0. The number of carboxylic acids is 1. The third kappa shape index (κ3) is 1.79. The van der Waals surface area contributed by atoms with Crippen molar-refractivity contribution >= 4 is 12.0 Å². The molecule has 5 nitrogen and oxygen atoms in total. The van der Waals surface area contributed by atoms with Gasteiger partial charge in [-0.3, -0.25) is 0 Å². The van der Waals surface area contributed by atoms with Gasteiger partial charge in [-0.2, -0.15) is 0 Å². The summed E-state index contributed by atoms with van der Waals surface area (Å²) >= 11 is 0. The van der Waals surface area contributed by atoms with Crippen molar-refractivity contribution in [2.24, 2.45) is 0 Å². The lowest BCUT2D eigenvalue weighted by atomic mass is 10.1. The molecule has 84 valence electrons. The first-order chi connectivity index (χ1) is 7.72. The van der Waals surface area contributed by atoms with Crippen LogP contribution in [0, 0.1) is 0 Å². The lowest BCUT2D eigenvalue weighted by Gasteiger charge is -2.03. The number of ether oxygens (including phenoxy) is 3. The third-order valence-corrected chi connectivity index (χ3v) is 2.16. The van der Waals surface area contributed by atoms with E-state index in [0.717, 1.165) is 0 Å². The van der Waals surface area contributed by atoms with E-state index < -0.39 is 5.97 Å². The quantitative estimate of drug-likeness (QED) is 0.789. The molecule has 2 rings (SSSR count). The largest absolute Gasteiger partial charge is 0.504 e. The van der Waals surface area contributed by atoms with E-state index >= 15 is 0 Å². The number of benzene rings is 1. The Morgan fingerprint density at radius 1 is 1.44 bits per heavy atom. The molecular formula is C11H10O5. The van der Waals surface area contributed by atoms with Gasteiger partial charge >= 0.3 is 5.97 Å². The van der Waals surface area contributed by atoms with Gasteiger partial charge in [-0.15, -0.1) is 0 Å². The maximum atomic E-state index is 11.0. The Balaban J connectivity index is 2.48. The van der Waals surface area contributed by atoms with Crippen molar-refractivity contribution < 1.29 is 24.1 Å². The molecule has 0 bridgehead atoms. The molecule has 16 heavy (non-hydrogen) atoms. The average molecular weight is 222 g/mol. The number of rotatable bonds is 3. The zero-order chi connectivity index (χ0) is 11.5. The van der Waals surface area contributed by atoms with Crippen molar-refractivity contribution in [2.45, 2.75) is 0 Å². The van der Waals surface area contributed by atoms with Gasteiger partial charge in [-0.25, -0.2) is 4.79 Å². The number of fused-ring (bicyclic) bond motifs is 1. The molecule has 0 saturated carbocycles. The Labute approximate surface area is 91.9 Å². The van der Waals surface area contributed by atoms with Crippen LogP contribution in [0.15, 0.2) is 18.4 Å². The van der Waals surface area contributed by atoms with Crippen LogP contribution >= 0.6 is 0 Å². The van der Waals surface area contributed by atoms with Crippen LogP contribution in [-0.4, -0.2) is 25.0 Å². The van der Waals surface area contributed by atoms with E-state index in [1.807, 2.05) is 0 Å². The predicted molar refractivity (Wildman–Crippen MR) is 55.6 cm³/mol.